The molecule has 3 aliphatic rings. The largest absolute Gasteiger partial charge is 0.504 e. The molecule has 0 saturated carbocycles. The minimum absolute atomic E-state index is 0.0858. The monoisotopic (exact) mass is 539 g/mol. The Labute approximate surface area is 238 Å². The van der Waals surface area contributed by atoms with E-state index in [9.17, 15) is 14.7 Å². The summed E-state index contributed by atoms with van der Waals surface area (Å²) in [7, 11) is 0. The van der Waals surface area contributed by atoms with Gasteiger partial charge in [0, 0.05) is 53.4 Å². The molecule has 2 aromatic carbocycles. The summed E-state index contributed by atoms with van der Waals surface area (Å²) in [5, 5.41) is 10.9. The highest BCUT2D eigenvalue weighted by Gasteiger charge is 2.49. The number of ether oxygens (including phenoxy) is 1. The number of phenols is 1. The Morgan fingerprint density at radius 3 is 2.05 bits per heavy atom. The van der Waals surface area contributed by atoms with Gasteiger partial charge in [0.25, 0.3) is 0 Å². The van der Waals surface area contributed by atoms with Gasteiger partial charge in [-0.1, -0.05) is 70.2 Å². The van der Waals surface area contributed by atoms with Crippen molar-refractivity contribution < 1.29 is 19.4 Å². The van der Waals surface area contributed by atoms with E-state index in [1.807, 2.05) is 37.3 Å². The lowest BCUT2D eigenvalue weighted by Gasteiger charge is -2.49. The highest BCUT2D eigenvalue weighted by atomic mass is 16.5. The molecule has 0 atom stereocenters. The number of hydrogen-bond donors (Lipinski definition) is 1. The summed E-state index contributed by atoms with van der Waals surface area (Å²) in [6.45, 7) is 15.4. The first-order valence-electron chi connectivity index (χ1n) is 14.4. The van der Waals surface area contributed by atoms with Gasteiger partial charge in [-0.3, -0.25) is 9.59 Å². The Hall–Kier alpha value is -3.60. The van der Waals surface area contributed by atoms with E-state index in [0.29, 0.717) is 43.7 Å². The molecular formula is C35H41NO4. The zero-order valence-corrected chi connectivity index (χ0v) is 24.5. The number of nitrogens with zero attached hydrogens (tertiary/aromatic N) is 1. The van der Waals surface area contributed by atoms with Crippen molar-refractivity contribution in [1.29, 1.82) is 0 Å². The molecule has 210 valence electrons. The molecule has 5 rings (SSSR count). The predicted molar refractivity (Wildman–Crippen MR) is 158 cm³/mol. The Morgan fingerprint density at radius 2 is 1.52 bits per heavy atom. The van der Waals surface area contributed by atoms with Crippen LogP contribution in [-0.2, 0) is 22.6 Å². The summed E-state index contributed by atoms with van der Waals surface area (Å²) in [6, 6.07) is 14.1. The molecule has 5 nitrogen and oxygen atoms in total. The molecule has 0 radical (unpaired) electrons. The van der Waals surface area contributed by atoms with Crippen molar-refractivity contribution in [3.63, 3.8) is 0 Å². The maximum Gasteiger partial charge on any atom is 0.162 e. The van der Waals surface area contributed by atoms with Crippen molar-refractivity contribution in [2.24, 2.45) is 10.8 Å². The summed E-state index contributed by atoms with van der Waals surface area (Å²) in [6.07, 6.45) is 4.55. The third kappa shape index (κ3) is 5.14. The quantitative estimate of drug-likeness (QED) is 0.371. The lowest BCUT2D eigenvalue weighted by atomic mass is 9.63. The molecule has 1 N–H and O–H groups in total. The Morgan fingerprint density at radius 1 is 0.950 bits per heavy atom. The molecule has 0 unspecified atom stereocenters. The Kier molecular flexibility index (Phi) is 7.28. The van der Waals surface area contributed by atoms with Gasteiger partial charge in [-0.05, 0) is 54.2 Å². The van der Waals surface area contributed by atoms with Crippen molar-refractivity contribution in [3.05, 3.63) is 94.4 Å². The molecule has 1 aliphatic heterocycles. The van der Waals surface area contributed by atoms with Gasteiger partial charge in [0.05, 0.1) is 6.61 Å². The van der Waals surface area contributed by atoms with Crippen molar-refractivity contribution in [2.45, 2.75) is 79.2 Å². The molecule has 0 saturated heterocycles. The maximum absolute atomic E-state index is 14.1. The van der Waals surface area contributed by atoms with Crippen LogP contribution in [0, 0.1) is 10.8 Å². The topological polar surface area (TPSA) is 66.8 Å². The molecule has 1 heterocycles. The van der Waals surface area contributed by atoms with E-state index in [1.165, 1.54) is 0 Å². The molecule has 2 aromatic rings. The Balaban J connectivity index is 1.80. The van der Waals surface area contributed by atoms with Crippen LogP contribution in [0.5, 0.6) is 11.5 Å². The minimum Gasteiger partial charge on any atom is -0.504 e. The fraction of sp³-hybridized carbons (Fsp3) is 0.429. The van der Waals surface area contributed by atoms with E-state index in [-0.39, 0.29) is 28.1 Å². The summed E-state index contributed by atoms with van der Waals surface area (Å²) in [5.41, 5.74) is 5.74. The second-order valence-electron chi connectivity index (χ2n) is 13.1. The van der Waals surface area contributed by atoms with Gasteiger partial charge in [-0.25, -0.2) is 0 Å². The zero-order valence-electron chi connectivity index (χ0n) is 24.5. The molecule has 0 amide bonds. The number of benzene rings is 2. The Bertz CT molecular complexity index is 1370. The first-order chi connectivity index (χ1) is 18.9. The second kappa shape index (κ2) is 10.4. The third-order valence-corrected chi connectivity index (χ3v) is 8.38. The van der Waals surface area contributed by atoms with E-state index in [2.05, 4.69) is 51.3 Å². The molecule has 0 aromatic heterocycles. The normalized spacial score (nSPS) is 20.4. The van der Waals surface area contributed by atoms with E-state index in [4.69, 9.17) is 4.74 Å². The molecule has 2 aliphatic carbocycles. The van der Waals surface area contributed by atoms with Crippen LogP contribution in [0.25, 0.3) is 0 Å². The number of carbonyl (C=O) groups excluding carboxylic acids is 2. The van der Waals surface area contributed by atoms with Crippen LogP contribution in [0.2, 0.25) is 0 Å². The number of rotatable bonds is 7. The summed E-state index contributed by atoms with van der Waals surface area (Å²) in [5.74, 6) is 0.153. The fourth-order valence-electron chi connectivity index (χ4n) is 6.77. The smallest absolute Gasteiger partial charge is 0.162 e. The van der Waals surface area contributed by atoms with Gasteiger partial charge in [0.1, 0.15) is 0 Å². The third-order valence-electron chi connectivity index (χ3n) is 8.38. The molecule has 5 heteroatoms. The van der Waals surface area contributed by atoms with E-state index < -0.39 is 5.92 Å². The lowest BCUT2D eigenvalue weighted by molar-refractivity contribution is -0.119. The summed E-state index contributed by atoms with van der Waals surface area (Å²) in [4.78, 5) is 30.5. The zero-order chi connectivity index (χ0) is 28.8. The van der Waals surface area contributed by atoms with Crippen molar-refractivity contribution >= 4 is 11.6 Å². The predicted octanol–water partition coefficient (Wildman–Crippen LogP) is 7.41. The van der Waals surface area contributed by atoms with Crippen LogP contribution in [-0.4, -0.2) is 28.2 Å². The van der Waals surface area contributed by atoms with Crippen molar-refractivity contribution in [3.8, 4) is 11.5 Å². The molecule has 40 heavy (non-hydrogen) atoms. The number of aromatic hydroxyl groups is 1. The summed E-state index contributed by atoms with van der Waals surface area (Å²) < 4.78 is 5.85. The van der Waals surface area contributed by atoms with E-state index in [0.717, 1.165) is 46.5 Å². The standard InChI is InChI=1S/C35H41NO4/c1-7-12-23-15-24(16-29(33(23)39)40-8-2)30-31-25(17-34(3,4)19-27(31)37)36(21-22-13-10-9-11-14-22)26-18-35(5,6)20-28(38)32(26)30/h7,9-11,13-16,30,39H,1,8,12,17-21H2,2-6H3. The van der Waals surface area contributed by atoms with Crippen molar-refractivity contribution in [1.82, 2.24) is 4.90 Å². The average Bonchev–Trinajstić information content (AvgIpc) is 2.86. The second-order valence-corrected chi connectivity index (χ2v) is 13.1. The lowest BCUT2D eigenvalue weighted by Crippen LogP contribution is -2.44. The van der Waals surface area contributed by atoms with E-state index >= 15 is 0 Å². The van der Waals surface area contributed by atoms with Gasteiger partial charge >= 0.3 is 0 Å². The first kappa shape index (κ1) is 27.9. The van der Waals surface area contributed by atoms with Crippen LogP contribution >= 0.6 is 0 Å². The summed E-state index contributed by atoms with van der Waals surface area (Å²) >= 11 is 0. The number of allylic oxidation sites excluding steroid dienone is 5. The minimum atomic E-state index is -0.493. The average molecular weight is 540 g/mol. The van der Waals surface area contributed by atoms with Crippen LogP contribution < -0.4 is 4.74 Å². The SMILES string of the molecule is C=CCc1cc(C2C3=C(CC(C)(C)CC3=O)N(Cc3ccccc3)C3=C2C(=O)CC(C)(C)C3)cc(OCC)c1O. The molecule has 0 spiro atoms. The molecule has 0 bridgehead atoms. The molecular weight excluding hydrogens is 498 g/mol. The van der Waals surface area contributed by atoms with Gasteiger partial charge in [0.15, 0.2) is 23.1 Å². The highest BCUT2D eigenvalue weighted by Crippen LogP contribution is 2.55. The number of carbonyl (C=O) groups is 2. The van der Waals surface area contributed by atoms with Crippen LogP contribution in [0.4, 0.5) is 0 Å². The highest BCUT2D eigenvalue weighted by molar-refractivity contribution is 6.06. The van der Waals surface area contributed by atoms with Crippen molar-refractivity contribution in [2.75, 3.05) is 6.61 Å². The number of phenolic OH excluding ortho intramolecular Hbond substituents is 1. The number of Topliss-reactive ketones (excluding diaryl/α,β-unsaturated/α-hetero) is 2. The fourth-order valence-corrected chi connectivity index (χ4v) is 6.77. The molecule has 0 fully saturated rings. The van der Waals surface area contributed by atoms with Gasteiger partial charge in [-0.2, -0.15) is 0 Å². The number of ketones is 2. The van der Waals surface area contributed by atoms with Gasteiger partial charge < -0.3 is 14.7 Å². The maximum atomic E-state index is 14.1. The van der Waals surface area contributed by atoms with Crippen LogP contribution in [0.1, 0.15) is 82.9 Å². The van der Waals surface area contributed by atoms with Crippen LogP contribution in [0.15, 0.2) is 77.7 Å². The number of hydrogen-bond acceptors (Lipinski definition) is 5. The van der Waals surface area contributed by atoms with Gasteiger partial charge in [0.2, 0.25) is 0 Å². The van der Waals surface area contributed by atoms with E-state index in [1.54, 1.807) is 6.08 Å². The van der Waals surface area contributed by atoms with Gasteiger partial charge in [-0.15, -0.1) is 6.58 Å². The first-order valence-corrected chi connectivity index (χ1v) is 14.4. The van der Waals surface area contributed by atoms with Crippen LogP contribution in [0.3, 0.4) is 0 Å².